The van der Waals surface area contributed by atoms with Crippen LogP contribution in [0.3, 0.4) is 0 Å². The number of nitrogens with zero attached hydrogens (tertiary/aromatic N) is 2. The van der Waals surface area contributed by atoms with Crippen LogP contribution in [-0.2, 0) is 32.5 Å². The molecular weight excluding hydrogens is 546 g/mol. The van der Waals surface area contributed by atoms with Gasteiger partial charge in [-0.3, -0.25) is 0 Å². The van der Waals surface area contributed by atoms with Crippen molar-refractivity contribution in [1.82, 2.24) is 4.31 Å². The highest BCUT2D eigenvalue weighted by molar-refractivity contribution is 7.89. The molecule has 1 heterocycles. The quantitative estimate of drug-likeness (QED) is 0.364. The van der Waals surface area contributed by atoms with E-state index in [-0.39, 0.29) is 43.4 Å². The molecule has 39 heavy (non-hydrogen) atoms. The third-order valence-electron chi connectivity index (χ3n) is 7.89. The Morgan fingerprint density at radius 3 is 2.00 bits per heavy atom. The van der Waals surface area contributed by atoms with Gasteiger partial charge >= 0.3 is 12.4 Å². The van der Waals surface area contributed by atoms with E-state index >= 15 is 0 Å². The molecule has 0 bridgehead atoms. The molecule has 0 spiro atoms. The topological polar surface area (TPSA) is 70.4 Å². The number of hydrogen-bond acceptors (Lipinski definition) is 4. The molecule has 2 aliphatic rings. The summed E-state index contributed by atoms with van der Waals surface area (Å²) in [7, 11) is -3.56. The number of halogens is 6. The van der Waals surface area contributed by atoms with E-state index in [0.29, 0.717) is 31.4 Å². The van der Waals surface area contributed by atoms with Crippen molar-refractivity contribution in [2.24, 2.45) is 0 Å². The number of sulfonamides is 1. The summed E-state index contributed by atoms with van der Waals surface area (Å²) < 4.78 is 113. The Balaban J connectivity index is 1.61. The zero-order valence-corrected chi connectivity index (χ0v) is 22.0. The van der Waals surface area contributed by atoms with Crippen molar-refractivity contribution >= 4 is 10.0 Å². The number of nitriles is 1. The van der Waals surface area contributed by atoms with Crippen LogP contribution in [0.25, 0.3) is 0 Å². The van der Waals surface area contributed by atoms with Crippen LogP contribution in [0.1, 0.15) is 67.4 Å². The molecule has 0 N–H and O–H groups in total. The van der Waals surface area contributed by atoms with Crippen LogP contribution in [0.15, 0.2) is 48.5 Å². The molecule has 2 fully saturated rings. The highest BCUT2D eigenvalue weighted by Crippen LogP contribution is 2.48. The predicted molar refractivity (Wildman–Crippen MR) is 131 cm³/mol. The van der Waals surface area contributed by atoms with Crippen LogP contribution in [0.2, 0.25) is 0 Å². The molecule has 1 saturated carbocycles. The lowest BCUT2D eigenvalue weighted by Crippen LogP contribution is -2.53. The first-order valence-electron chi connectivity index (χ1n) is 12.5. The van der Waals surface area contributed by atoms with Gasteiger partial charge in [0.2, 0.25) is 10.0 Å². The summed E-state index contributed by atoms with van der Waals surface area (Å²) in [5.74, 6) is -0.0161. The first-order valence-corrected chi connectivity index (χ1v) is 14.1. The van der Waals surface area contributed by atoms with Gasteiger partial charge in [-0.2, -0.15) is 35.9 Å². The van der Waals surface area contributed by atoms with Crippen molar-refractivity contribution < 1.29 is 39.5 Å². The average molecular weight is 575 g/mol. The smallest absolute Gasteiger partial charge is 0.373 e. The SMILES string of the molecule is C[C@@H](OCC1(c2ccccc2)CCC(C#N)(N2CCCS2(=O)=O)CC1)c1cc(C(F)(F)F)cc(C(F)(F)F)c1. The molecule has 2 aromatic carbocycles. The van der Waals surface area contributed by atoms with Crippen LogP contribution in [-0.4, -0.2) is 37.2 Å². The lowest BCUT2D eigenvalue weighted by atomic mass is 9.64. The number of rotatable bonds is 6. The van der Waals surface area contributed by atoms with E-state index in [4.69, 9.17) is 4.74 Å². The summed E-state index contributed by atoms with van der Waals surface area (Å²) in [6, 6.07) is 12.8. The summed E-state index contributed by atoms with van der Waals surface area (Å²) in [5, 5.41) is 10.1. The summed E-state index contributed by atoms with van der Waals surface area (Å²) in [5.41, 5.74) is -4.16. The monoisotopic (exact) mass is 574 g/mol. The first-order chi connectivity index (χ1) is 18.1. The fourth-order valence-corrected chi connectivity index (χ4v) is 7.46. The highest BCUT2D eigenvalue weighted by Gasteiger charge is 2.52. The van der Waals surface area contributed by atoms with Crippen LogP contribution in [0.5, 0.6) is 0 Å². The van der Waals surface area contributed by atoms with Crippen molar-refractivity contribution in [3.63, 3.8) is 0 Å². The second-order valence-electron chi connectivity index (χ2n) is 10.3. The standard InChI is InChI=1S/C27H28F6N2O3S/c1-19(20-14-22(26(28,29)30)16-23(15-20)27(31,32)33)38-18-24(21-6-3-2-4-7-21)8-10-25(17-34,11-9-24)35-12-5-13-39(35,36)37/h2-4,6-7,14-16,19H,5,8-13,18H2,1H3/t19-,24?,25?/m1/s1. The summed E-state index contributed by atoms with van der Waals surface area (Å²) >= 11 is 0. The lowest BCUT2D eigenvalue weighted by molar-refractivity contribution is -0.143. The summed E-state index contributed by atoms with van der Waals surface area (Å²) in [4.78, 5) is 0. The highest BCUT2D eigenvalue weighted by atomic mass is 32.2. The third-order valence-corrected chi connectivity index (χ3v) is 9.90. The number of hydrogen-bond donors (Lipinski definition) is 0. The Morgan fingerprint density at radius 1 is 0.974 bits per heavy atom. The van der Waals surface area contributed by atoms with Gasteiger partial charge in [0.15, 0.2) is 0 Å². The summed E-state index contributed by atoms with van der Waals surface area (Å²) in [6.45, 7) is 1.62. The molecule has 12 heteroatoms. The Kier molecular flexibility index (Phi) is 7.84. The maximum absolute atomic E-state index is 13.4. The van der Waals surface area contributed by atoms with Gasteiger partial charge in [0, 0.05) is 12.0 Å². The van der Waals surface area contributed by atoms with Crippen molar-refractivity contribution in [3.05, 3.63) is 70.8 Å². The van der Waals surface area contributed by atoms with Gasteiger partial charge in [-0.05, 0) is 68.4 Å². The van der Waals surface area contributed by atoms with Crippen LogP contribution in [0.4, 0.5) is 26.3 Å². The van der Waals surface area contributed by atoms with Crippen molar-refractivity contribution in [2.75, 3.05) is 18.9 Å². The molecule has 0 radical (unpaired) electrons. The Hall–Kier alpha value is -2.62. The van der Waals surface area contributed by atoms with Gasteiger partial charge in [0.05, 0.1) is 35.7 Å². The zero-order valence-electron chi connectivity index (χ0n) is 21.1. The molecule has 0 amide bonds. The molecule has 1 saturated heterocycles. The molecule has 4 rings (SSSR count). The van der Waals surface area contributed by atoms with Gasteiger partial charge in [-0.25, -0.2) is 8.42 Å². The van der Waals surface area contributed by atoms with Crippen molar-refractivity contribution in [3.8, 4) is 6.07 Å². The zero-order chi connectivity index (χ0) is 28.7. The van der Waals surface area contributed by atoms with E-state index in [1.165, 1.54) is 11.2 Å². The average Bonchev–Trinajstić information content (AvgIpc) is 3.26. The fraction of sp³-hybridized carbons (Fsp3) is 0.519. The molecule has 0 aromatic heterocycles. The Morgan fingerprint density at radius 2 is 1.54 bits per heavy atom. The van der Waals surface area contributed by atoms with Gasteiger partial charge in [0.1, 0.15) is 5.54 Å². The number of ether oxygens (including phenoxy) is 1. The molecule has 212 valence electrons. The second-order valence-corrected chi connectivity index (χ2v) is 12.3. The Labute approximate surface area is 223 Å². The maximum atomic E-state index is 13.4. The predicted octanol–water partition coefficient (Wildman–Crippen LogP) is 6.61. The Bertz CT molecular complexity index is 1300. The minimum absolute atomic E-state index is 0.0161. The first kappa shape index (κ1) is 29.4. The van der Waals surface area contributed by atoms with E-state index in [9.17, 15) is 40.0 Å². The van der Waals surface area contributed by atoms with E-state index in [2.05, 4.69) is 6.07 Å². The van der Waals surface area contributed by atoms with E-state index < -0.39 is 50.6 Å². The molecule has 5 nitrogen and oxygen atoms in total. The molecule has 0 unspecified atom stereocenters. The van der Waals surface area contributed by atoms with Gasteiger partial charge in [0.25, 0.3) is 0 Å². The van der Waals surface area contributed by atoms with E-state index in [1.54, 1.807) is 18.2 Å². The molecular formula is C27H28F6N2O3S. The minimum atomic E-state index is -4.97. The maximum Gasteiger partial charge on any atom is 0.416 e. The van der Waals surface area contributed by atoms with Gasteiger partial charge in [-0.15, -0.1) is 0 Å². The third kappa shape index (κ3) is 5.95. The largest absolute Gasteiger partial charge is 0.416 e. The fourth-order valence-electron chi connectivity index (χ4n) is 5.58. The van der Waals surface area contributed by atoms with E-state index in [0.717, 1.165) is 5.56 Å². The van der Waals surface area contributed by atoms with Crippen LogP contribution < -0.4 is 0 Å². The number of benzene rings is 2. The lowest BCUT2D eigenvalue weighted by Gasteiger charge is -2.46. The molecule has 1 aliphatic carbocycles. The van der Waals surface area contributed by atoms with Crippen molar-refractivity contribution in [1.29, 1.82) is 5.26 Å². The number of alkyl halides is 6. The van der Waals surface area contributed by atoms with Crippen molar-refractivity contribution in [2.45, 2.75) is 68.4 Å². The molecule has 1 atom stereocenters. The van der Waals surface area contributed by atoms with Crippen LogP contribution in [0, 0.1) is 11.3 Å². The summed E-state index contributed by atoms with van der Waals surface area (Å²) in [6.07, 6.45) is -9.47. The normalized spacial score (nSPS) is 26.7. The van der Waals surface area contributed by atoms with E-state index in [1.807, 2.05) is 12.1 Å². The second kappa shape index (κ2) is 10.4. The molecule has 2 aromatic rings. The van der Waals surface area contributed by atoms with Gasteiger partial charge < -0.3 is 4.74 Å². The van der Waals surface area contributed by atoms with Crippen LogP contribution >= 0.6 is 0 Å². The van der Waals surface area contributed by atoms with Gasteiger partial charge in [-0.1, -0.05) is 30.3 Å². The molecule has 1 aliphatic heterocycles. The minimum Gasteiger partial charge on any atom is -0.373 e.